The molecule has 1 aromatic heterocycles. The Balaban J connectivity index is 1.65. The van der Waals surface area contributed by atoms with Crippen LogP contribution in [0.25, 0.3) is 0 Å². The molecule has 1 aliphatic heterocycles. The molecule has 7 nitrogen and oxygen atoms in total. The summed E-state index contributed by atoms with van der Waals surface area (Å²) in [6.07, 6.45) is 7.31. The minimum Gasteiger partial charge on any atom is -0.497 e. The zero-order valence-corrected chi connectivity index (χ0v) is 23.4. The van der Waals surface area contributed by atoms with Gasteiger partial charge in [-0.1, -0.05) is 57.4 Å². The molecular weight excluding hydrogens is 488 g/mol. The molecule has 0 unspecified atom stereocenters. The number of carbonyl (C=O) groups excluding carboxylic acids is 2. The molecule has 0 saturated carbocycles. The lowest BCUT2D eigenvalue weighted by molar-refractivity contribution is -0.119. The van der Waals surface area contributed by atoms with Crippen LogP contribution in [0.15, 0.2) is 66.9 Å². The van der Waals surface area contributed by atoms with Crippen LogP contribution < -0.4 is 15.0 Å². The van der Waals surface area contributed by atoms with E-state index >= 15 is 0 Å². The first-order valence-electron chi connectivity index (χ1n) is 14.0. The third kappa shape index (κ3) is 7.59. The molecule has 2 aromatic carbocycles. The molecule has 39 heavy (non-hydrogen) atoms. The third-order valence-corrected chi connectivity index (χ3v) is 7.00. The maximum atomic E-state index is 14.1. The third-order valence-electron chi connectivity index (χ3n) is 7.00. The van der Waals surface area contributed by atoms with Crippen LogP contribution in [-0.4, -0.2) is 41.9 Å². The van der Waals surface area contributed by atoms with Gasteiger partial charge in [0.1, 0.15) is 11.6 Å². The van der Waals surface area contributed by atoms with Crippen LogP contribution >= 0.6 is 0 Å². The van der Waals surface area contributed by atoms with E-state index < -0.39 is 0 Å². The van der Waals surface area contributed by atoms with Gasteiger partial charge in [-0.15, -0.1) is 0 Å². The number of methoxy groups -OCH3 is 1. The number of pyridine rings is 1. The van der Waals surface area contributed by atoms with Crippen molar-refractivity contribution >= 4 is 29.0 Å². The lowest BCUT2D eigenvalue weighted by atomic mass is 10.0. The molecular formula is C32H40N4O3. The quantitative estimate of drug-likeness (QED) is 0.380. The molecule has 1 N–H and O–H groups in total. The molecule has 0 spiro atoms. The summed E-state index contributed by atoms with van der Waals surface area (Å²) in [6, 6.07) is 19.2. The van der Waals surface area contributed by atoms with E-state index in [9.17, 15) is 9.59 Å². The van der Waals surface area contributed by atoms with Crippen molar-refractivity contribution in [1.29, 1.82) is 0 Å². The topological polar surface area (TPSA) is 74.8 Å². The van der Waals surface area contributed by atoms with E-state index in [-0.39, 0.29) is 17.7 Å². The smallest absolute Gasteiger partial charge is 0.257 e. The molecule has 0 atom stereocenters. The molecule has 0 radical (unpaired) electrons. The van der Waals surface area contributed by atoms with Gasteiger partial charge in [0.25, 0.3) is 5.91 Å². The zero-order valence-electron chi connectivity index (χ0n) is 23.4. The highest BCUT2D eigenvalue weighted by Gasteiger charge is 2.24. The number of hydrogen-bond acceptors (Lipinski definition) is 5. The number of carbonyl (C=O) groups is 2. The maximum absolute atomic E-state index is 14.1. The SMILES string of the molecule is COc1cccc(Nc2ncccc2C(=O)N2CCCCCCCN(C(=O)CC(C)C)c3ccccc3C2)c1. The summed E-state index contributed by atoms with van der Waals surface area (Å²) in [6.45, 7) is 5.92. The van der Waals surface area contributed by atoms with Crippen molar-refractivity contribution in [3.8, 4) is 5.75 Å². The summed E-state index contributed by atoms with van der Waals surface area (Å²) in [4.78, 5) is 35.7. The second kappa shape index (κ2) is 13.8. The fraction of sp³-hybridized carbons (Fsp3) is 0.406. The number of rotatable bonds is 6. The van der Waals surface area contributed by atoms with E-state index in [4.69, 9.17) is 4.74 Å². The molecule has 0 fully saturated rings. The van der Waals surface area contributed by atoms with Crippen molar-refractivity contribution in [1.82, 2.24) is 9.88 Å². The van der Waals surface area contributed by atoms with Crippen LogP contribution in [0, 0.1) is 5.92 Å². The first kappa shape index (κ1) is 28.1. The van der Waals surface area contributed by atoms with E-state index in [0.717, 1.165) is 54.8 Å². The fourth-order valence-corrected chi connectivity index (χ4v) is 4.99. The van der Waals surface area contributed by atoms with E-state index in [0.29, 0.717) is 37.4 Å². The predicted molar refractivity (Wildman–Crippen MR) is 157 cm³/mol. The number of nitrogens with one attached hydrogen (secondary N) is 1. The summed E-state index contributed by atoms with van der Waals surface area (Å²) in [5.41, 5.74) is 3.19. The number of para-hydroxylation sites is 1. The molecule has 0 aliphatic carbocycles. The number of hydrogen-bond donors (Lipinski definition) is 1. The van der Waals surface area contributed by atoms with Gasteiger partial charge in [-0.2, -0.15) is 0 Å². The molecule has 1 aliphatic rings. The molecule has 0 bridgehead atoms. The Hall–Kier alpha value is -3.87. The monoisotopic (exact) mass is 528 g/mol. The lowest BCUT2D eigenvalue weighted by Gasteiger charge is -2.30. The number of nitrogens with zero attached hydrogens (tertiary/aromatic N) is 3. The Morgan fingerprint density at radius 3 is 2.51 bits per heavy atom. The van der Waals surface area contributed by atoms with Gasteiger partial charge in [0.2, 0.25) is 5.91 Å². The number of amides is 2. The van der Waals surface area contributed by atoms with Crippen molar-refractivity contribution in [2.24, 2.45) is 5.92 Å². The second-order valence-electron chi connectivity index (χ2n) is 10.5. The van der Waals surface area contributed by atoms with Crippen LogP contribution in [0.1, 0.15) is 68.3 Å². The number of benzene rings is 2. The summed E-state index contributed by atoms with van der Waals surface area (Å²) in [7, 11) is 1.63. The van der Waals surface area contributed by atoms with Crippen LogP contribution in [0.4, 0.5) is 17.2 Å². The van der Waals surface area contributed by atoms with Crippen molar-refractivity contribution in [3.63, 3.8) is 0 Å². The van der Waals surface area contributed by atoms with Gasteiger partial charge in [-0.3, -0.25) is 9.59 Å². The van der Waals surface area contributed by atoms with Crippen molar-refractivity contribution in [2.45, 2.75) is 58.9 Å². The van der Waals surface area contributed by atoms with Gasteiger partial charge in [-0.25, -0.2) is 4.98 Å². The van der Waals surface area contributed by atoms with Crippen molar-refractivity contribution in [3.05, 3.63) is 78.0 Å². The van der Waals surface area contributed by atoms with E-state index in [2.05, 4.69) is 24.1 Å². The van der Waals surface area contributed by atoms with E-state index in [1.165, 1.54) is 0 Å². The molecule has 2 amide bonds. The minimum absolute atomic E-state index is 0.0829. The Labute approximate surface area is 232 Å². The standard InChI is InChI=1S/C32H40N4O3/c1-24(2)21-30(37)36-20-10-6-4-5-9-19-35(23-25-13-7-8-17-29(25)36)32(38)28-16-12-18-33-31(28)34-26-14-11-15-27(22-26)39-3/h7-8,11-18,22,24H,4-6,9-10,19-21,23H2,1-3H3,(H,33,34). The van der Waals surface area contributed by atoms with Crippen LogP contribution in [0.5, 0.6) is 5.75 Å². The van der Waals surface area contributed by atoms with Crippen LogP contribution in [0.2, 0.25) is 0 Å². The average molecular weight is 529 g/mol. The maximum Gasteiger partial charge on any atom is 0.257 e. The number of ether oxygens (including phenoxy) is 1. The Bertz CT molecular complexity index is 1260. The fourth-order valence-electron chi connectivity index (χ4n) is 4.99. The average Bonchev–Trinajstić information content (AvgIpc) is 2.93. The molecule has 4 rings (SSSR count). The largest absolute Gasteiger partial charge is 0.497 e. The molecule has 7 heteroatoms. The molecule has 0 saturated heterocycles. The zero-order chi connectivity index (χ0) is 27.6. The van der Waals surface area contributed by atoms with Gasteiger partial charge in [0, 0.05) is 49.7 Å². The summed E-state index contributed by atoms with van der Waals surface area (Å²) >= 11 is 0. The highest BCUT2D eigenvalue weighted by Crippen LogP contribution is 2.28. The highest BCUT2D eigenvalue weighted by atomic mass is 16.5. The van der Waals surface area contributed by atoms with Gasteiger partial charge in [-0.05, 0) is 54.7 Å². The Kier molecular flexibility index (Phi) is 9.95. The summed E-state index contributed by atoms with van der Waals surface area (Å²) in [5.74, 6) is 1.57. The number of fused-ring (bicyclic) bond motifs is 1. The first-order chi connectivity index (χ1) is 19.0. The van der Waals surface area contributed by atoms with Crippen LogP contribution in [0.3, 0.4) is 0 Å². The van der Waals surface area contributed by atoms with Gasteiger partial charge in [0.15, 0.2) is 0 Å². The van der Waals surface area contributed by atoms with E-state index in [1.54, 1.807) is 19.4 Å². The second-order valence-corrected chi connectivity index (χ2v) is 10.5. The first-order valence-corrected chi connectivity index (χ1v) is 14.0. The Morgan fingerprint density at radius 2 is 1.72 bits per heavy atom. The predicted octanol–water partition coefficient (Wildman–Crippen LogP) is 6.82. The van der Waals surface area contributed by atoms with E-state index in [1.807, 2.05) is 64.4 Å². The minimum atomic E-state index is -0.0829. The summed E-state index contributed by atoms with van der Waals surface area (Å²) in [5, 5.41) is 3.30. The van der Waals surface area contributed by atoms with Gasteiger partial charge in [0.05, 0.1) is 12.7 Å². The molecule has 3 aromatic rings. The molecule has 206 valence electrons. The number of aromatic nitrogens is 1. The lowest BCUT2D eigenvalue weighted by Crippen LogP contribution is -2.36. The van der Waals surface area contributed by atoms with Gasteiger partial charge < -0.3 is 19.9 Å². The summed E-state index contributed by atoms with van der Waals surface area (Å²) < 4.78 is 5.35. The van der Waals surface area contributed by atoms with Crippen LogP contribution in [-0.2, 0) is 11.3 Å². The highest BCUT2D eigenvalue weighted by molar-refractivity contribution is 5.99. The Morgan fingerprint density at radius 1 is 0.949 bits per heavy atom. The van der Waals surface area contributed by atoms with Crippen molar-refractivity contribution < 1.29 is 14.3 Å². The number of anilines is 3. The molecule has 2 heterocycles. The van der Waals surface area contributed by atoms with Gasteiger partial charge >= 0.3 is 0 Å². The normalized spacial score (nSPS) is 14.7. The van der Waals surface area contributed by atoms with Crippen molar-refractivity contribution in [2.75, 3.05) is 30.4 Å².